The van der Waals surface area contributed by atoms with Crippen LogP contribution < -0.4 is 4.90 Å². The lowest BCUT2D eigenvalue weighted by molar-refractivity contribution is -0.121. The number of anilines is 1. The third-order valence-electron chi connectivity index (χ3n) is 5.73. The van der Waals surface area contributed by atoms with E-state index in [2.05, 4.69) is 4.98 Å². The van der Waals surface area contributed by atoms with Crippen molar-refractivity contribution in [2.75, 3.05) is 11.4 Å². The van der Waals surface area contributed by atoms with Crippen LogP contribution in [0.4, 0.5) is 5.13 Å². The molecule has 0 saturated carbocycles. The zero-order valence-electron chi connectivity index (χ0n) is 18.2. The van der Waals surface area contributed by atoms with E-state index in [1.54, 1.807) is 28.6 Å². The molecular formula is C23H21ClN4O3S3. The van der Waals surface area contributed by atoms with Crippen molar-refractivity contribution in [1.82, 2.24) is 14.3 Å². The number of amides is 1. The summed E-state index contributed by atoms with van der Waals surface area (Å²) < 4.78 is 29.0. The molecule has 176 valence electrons. The van der Waals surface area contributed by atoms with E-state index in [1.807, 2.05) is 37.3 Å². The van der Waals surface area contributed by atoms with Gasteiger partial charge in [-0.3, -0.25) is 14.7 Å². The van der Waals surface area contributed by atoms with Gasteiger partial charge in [0.2, 0.25) is 5.91 Å². The van der Waals surface area contributed by atoms with E-state index in [0.29, 0.717) is 35.2 Å². The van der Waals surface area contributed by atoms with Crippen LogP contribution in [0.15, 0.2) is 58.3 Å². The quantitative estimate of drug-likeness (QED) is 0.345. The number of aromatic nitrogens is 2. The van der Waals surface area contributed by atoms with Gasteiger partial charge in [0.05, 0.1) is 22.5 Å². The SMILES string of the molecule is Cc1cc(Cl)cc2sc(N(Cc3ccccn3)C(=O)C3CCCN3S(=O)(=O)c3cccs3)nc12. The standard InChI is InChI=1S/C23H21ClN4O3S3/c1-15-12-16(24)13-19-21(15)26-23(33-19)27(14-17-6-2-3-9-25-17)22(29)18-7-4-10-28(18)34(30,31)20-8-5-11-32-20/h2-3,5-6,8-9,11-13,18H,4,7,10,14H2,1H3. The summed E-state index contributed by atoms with van der Waals surface area (Å²) in [4.78, 5) is 24.6. The molecule has 1 unspecified atom stereocenters. The molecule has 4 heterocycles. The van der Waals surface area contributed by atoms with Crippen molar-refractivity contribution >= 4 is 65.6 Å². The van der Waals surface area contributed by atoms with Gasteiger partial charge in [-0.25, -0.2) is 13.4 Å². The summed E-state index contributed by atoms with van der Waals surface area (Å²) in [7, 11) is -3.76. The van der Waals surface area contributed by atoms with Crippen LogP contribution in [-0.2, 0) is 21.4 Å². The number of carbonyl (C=O) groups excluding carboxylic acids is 1. The molecule has 1 atom stereocenters. The first-order valence-electron chi connectivity index (χ1n) is 10.7. The second kappa shape index (κ2) is 9.35. The van der Waals surface area contributed by atoms with E-state index >= 15 is 0 Å². The molecule has 1 aliphatic heterocycles. The molecule has 0 spiro atoms. The van der Waals surface area contributed by atoms with E-state index in [1.165, 1.54) is 15.6 Å². The number of rotatable bonds is 6. The van der Waals surface area contributed by atoms with Crippen LogP contribution in [0.2, 0.25) is 5.02 Å². The molecule has 1 saturated heterocycles. The smallest absolute Gasteiger partial charge is 0.253 e. The van der Waals surface area contributed by atoms with Gasteiger partial charge in [0.1, 0.15) is 10.3 Å². The minimum absolute atomic E-state index is 0.190. The Balaban J connectivity index is 1.55. The van der Waals surface area contributed by atoms with Gasteiger partial charge in [-0.15, -0.1) is 11.3 Å². The van der Waals surface area contributed by atoms with Gasteiger partial charge >= 0.3 is 0 Å². The Hall–Kier alpha value is -2.37. The Morgan fingerprint density at radius 3 is 2.85 bits per heavy atom. The zero-order chi connectivity index (χ0) is 23.9. The Kier molecular flexibility index (Phi) is 6.43. The van der Waals surface area contributed by atoms with Crippen molar-refractivity contribution in [1.29, 1.82) is 0 Å². The highest BCUT2D eigenvalue weighted by Gasteiger charge is 2.42. The zero-order valence-corrected chi connectivity index (χ0v) is 21.4. The third kappa shape index (κ3) is 4.36. The molecule has 1 aromatic carbocycles. The first-order chi connectivity index (χ1) is 16.3. The first kappa shape index (κ1) is 23.4. The predicted molar refractivity (Wildman–Crippen MR) is 136 cm³/mol. The number of aryl methyl sites for hydroxylation is 1. The van der Waals surface area contributed by atoms with E-state index in [4.69, 9.17) is 16.6 Å². The minimum atomic E-state index is -3.76. The lowest BCUT2D eigenvalue weighted by Gasteiger charge is -2.28. The monoisotopic (exact) mass is 532 g/mol. The predicted octanol–water partition coefficient (Wildman–Crippen LogP) is 5.10. The third-order valence-corrected chi connectivity index (χ3v) is 10.3. The number of thiazole rings is 1. The molecule has 3 aromatic heterocycles. The first-order valence-corrected chi connectivity index (χ1v) is 14.2. The van der Waals surface area contributed by atoms with Crippen molar-refractivity contribution in [3.05, 3.63) is 70.3 Å². The number of benzene rings is 1. The topological polar surface area (TPSA) is 83.5 Å². The van der Waals surface area contributed by atoms with Crippen LogP contribution in [0.1, 0.15) is 24.1 Å². The molecule has 11 heteroatoms. The van der Waals surface area contributed by atoms with Crippen molar-refractivity contribution in [2.24, 2.45) is 0 Å². The van der Waals surface area contributed by atoms with Gasteiger partial charge in [0.25, 0.3) is 10.0 Å². The van der Waals surface area contributed by atoms with Crippen molar-refractivity contribution < 1.29 is 13.2 Å². The number of halogens is 1. The van der Waals surface area contributed by atoms with Crippen LogP contribution in [0, 0.1) is 6.92 Å². The largest absolute Gasteiger partial charge is 0.281 e. The fourth-order valence-electron chi connectivity index (χ4n) is 4.13. The van der Waals surface area contributed by atoms with Crippen LogP contribution >= 0.6 is 34.3 Å². The van der Waals surface area contributed by atoms with E-state index in [9.17, 15) is 13.2 Å². The Morgan fingerprint density at radius 1 is 1.26 bits per heavy atom. The highest BCUT2D eigenvalue weighted by atomic mass is 35.5. The number of pyridine rings is 1. The molecule has 7 nitrogen and oxygen atoms in total. The molecule has 0 bridgehead atoms. The van der Waals surface area contributed by atoms with E-state index < -0.39 is 16.1 Å². The highest BCUT2D eigenvalue weighted by molar-refractivity contribution is 7.91. The lowest BCUT2D eigenvalue weighted by Crippen LogP contribution is -2.47. The van der Waals surface area contributed by atoms with Crippen LogP contribution in [0.3, 0.4) is 0 Å². The van der Waals surface area contributed by atoms with Crippen LogP contribution in [-0.4, -0.2) is 41.2 Å². The molecule has 5 rings (SSSR count). The maximum absolute atomic E-state index is 13.9. The normalized spacial score (nSPS) is 16.8. The molecule has 4 aromatic rings. The van der Waals surface area contributed by atoms with Gasteiger partial charge in [0.15, 0.2) is 5.13 Å². The summed E-state index contributed by atoms with van der Waals surface area (Å²) in [6.07, 6.45) is 2.74. The minimum Gasteiger partial charge on any atom is -0.281 e. The molecule has 1 fully saturated rings. The van der Waals surface area contributed by atoms with Crippen LogP contribution in [0.5, 0.6) is 0 Å². The number of nitrogens with zero attached hydrogens (tertiary/aromatic N) is 4. The fraction of sp³-hybridized carbons (Fsp3) is 0.261. The van der Waals surface area contributed by atoms with Crippen molar-refractivity contribution in [3.63, 3.8) is 0 Å². The maximum atomic E-state index is 13.9. The molecule has 1 amide bonds. The molecular weight excluding hydrogens is 512 g/mol. The second-order valence-electron chi connectivity index (χ2n) is 8.02. The highest BCUT2D eigenvalue weighted by Crippen LogP contribution is 2.36. The number of fused-ring (bicyclic) bond motifs is 1. The molecule has 1 aliphatic rings. The summed E-state index contributed by atoms with van der Waals surface area (Å²) >= 11 is 8.76. The maximum Gasteiger partial charge on any atom is 0.253 e. The fourth-order valence-corrected chi connectivity index (χ4v) is 8.33. The number of sulfonamides is 1. The summed E-state index contributed by atoms with van der Waals surface area (Å²) in [5, 5.41) is 2.82. The average Bonchev–Trinajstić information content (AvgIpc) is 3.58. The Labute approximate surface area is 210 Å². The van der Waals surface area contributed by atoms with Gasteiger partial charge in [-0.2, -0.15) is 4.31 Å². The Bertz CT molecular complexity index is 1440. The number of hydrogen-bond acceptors (Lipinski definition) is 7. The van der Waals surface area contributed by atoms with Gasteiger partial charge < -0.3 is 0 Å². The second-order valence-corrected chi connectivity index (χ2v) is 12.5. The average molecular weight is 533 g/mol. The van der Waals surface area contributed by atoms with Crippen LogP contribution in [0.25, 0.3) is 10.2 Å². The Morgan fingerprint density at radius 2 is 2.12 bits per heavy atom. The van der Waals surface area contributed by atoms with Gasteiger partial charge in [0, 0.05) is 17.8 Å². The molecule has 0 N–H and O–H groups in total. The summed E-state index contributed by atoms with van der Waals surface area (Å²) in [6, 6.07) is 11.7. The summed E-state index contributed by atoms with van der Waals surface area (Å²) in [5.74, 6) is -0.300. The van der Waals surface area contributed by atoms with E-state index in [-0.39, 0.29) is 16.7 Å². The van der Waals surface area contributed by atoms with Gasteiger partial charge in [-0.1, -0.05) is 35.1 Å². The van der Waals surface area contributed by atoms with Crippen molar-refractivity contribution in [2.45, 2.75) is 36.6 Å². The summed E-state index contributed by atoms with van der Waals surface area (Å²) in [6.45, 7) is 2.42. The lowest BCUT2D eigenvalue weighted by atomic mass is 10.2. The molecule has 34 heavy (non-hydrogen) atoms. The number of hydrogen-bond donors (Lipinski definition) is 0. The van der Waals surface area contributed by atoms with Crippen molar-refractivity contribution in [3.8, 4) is 0 Å². The van der Waals surface area contributed by atoms with Gasteiger partial charge in [-0.05, 0) is 61.0 Å². The molecule has 0 aliphatic carbocycles. The van der Waals surface area contributed by atoms with E-state index in [0.717, 1.165) is 27.1 Å². The number of carbonyl (C=O) groups is 1. The molecule has 0 radical (unpaired) electrons. The summed E-state index contributed by atoms with van der Waals surface area (Å²) in [5.41, 5.74) is 2.38. The number of thiophene rings is 1.